The molecular weight excluding hydrogens is 217 g/mol. The maximum Gasteiger partial charge on any atom is 0.123 e. The summed E-state index contributed by atoms with van der Waals surface area (Å²) in [4.78, 5) is 3.96. The van der Waals surface area contributed by atoms with Crippen LogP contribution in [-0.2, 0) is 6.42 Å². The summed E-state index contributed by atoms with van der Waals surface area (Å²) in [6, 6.07) is 10.0. The number of rotatable bonds is 4. The fraction of sp³-hybridized carbons (Fsp3) is 0.214. The first-order valence-electron chi connectivity index (χ1n) is 5.58. The van der Waals surface area contributed by atoms with E-state index in [9.17, 15) is 9.50 Å². The average molecular weight is 231 g/mol. The standard InChI is InChI=1S/C14H14FNO/c15-13-6-3-11(4-7-13)5-8-14(17)12-2-1-9-16-10-12/h1-4,6-7,9-10,14,17H,5,8H2. The zero-order valence-electron chi connectivity index (χ0n) is 9.38. The molecule has 1 aromatic heterocycles. The summed E-state index contributed by atoms with van der Waals surface area (Å²) in [5.74, 6) is -0.235. The minimum Gasteiger partial charge on any atom is -0.388 e. The molecule has 0 amide bonds. The molecule has 0 saturated carbocycles. The number of nitrogens with zero attached hydrogens (tertiary/aromatic N) is 1. The molecule has 0 saturated heterocycles. The second kappa shape index (κ2) is 5.55. The van der Waals surface area contributed by atoms with Crippen molar-refractivity contribution in [3.05, 3.63) is 65.7 Å². The highest BCUT2D eigenvalue weighted by atomic mass is 19.1. The summed E-state index contributed by atoms with van der Waals surface area (Å²) in [5, 5.41) is 9.92. The molecule has 2 rings (SSSR count). The molecular formula is C14H14FNO. The van der Waals surface area contributed by atoms with Crippen molar-refractivity contribution in [3.8, 4) is 0 Å². The molecule has 0 aliphatic carbocycles. The number of hydrogen-bond donors (Lipinski definition) is 1. The summed E-state index contributed by atoms with van der Waals surface area (Å²) >= 11 is 0. The van der Waals surface area contributed by atoms with Gasteiger partial charge in [-0.25, -0.2) is 4.39 Å². The summed E-state index contributed by atoms with van der Waals surface area (Å²) in [6.07, 6.45) is 4.15. The van der Waals surface area contributed by atoms with Crippen LogP contribution in [0, 0.1) is 5.82 Å². The number of benzene rings is 1. The molecule has 0 radical (unpaired) electrons. The summed E-state index contributed by atoms with van der Waals surface area (Å²) in [7, 11) is 0. The third-order valence-corrected chi connectivity index (χ3v) is 2.69. The van der Waals surface area contributed by atoms with Crippen molar-refractivity contribution < 1.29 is 9.50 Å². The van der Waals surface area contributed by atoms with Crippen LogP contribution in [-0.4, -0.2) is 10.1 Å². The van der Waals surface area contributed by atoms with E-state index < -0.39 is 6.10 Å². The Hall–Kier alpha value is -1.74. The van der Waals surface area contributed by atoms with Gasteiger partial charge in [0.05, 0.1) is 6.10 Å². The first kappa shape index (κ1) is 11.7. The van der Waals surface area contributed by atoms with Crippen LogP contribution in [0.25, 0.3) is 0 Å². The molecule has 17 heavy (non-hydrogen) atoms. The Labute approximate surface area is 99.8 Å². The number of aliphatic hydroxyl groups is 1. The van der Waals surface area contributed by atoms with Gasteiger partial charge in [-0.15, -0.1) is 0 Å². The molecule has 0 bridgehead atoms. The SMILES string of the molecule is OC(CCc1ccc(F)cc1)c1cccnc1. The van der Waals surface area contributed by atoms with Gasteiger partial charge in [-0.1, -0.05) is 18.2 Å². The normalized spacial score (nSPS) is 12.4. The van der Waals surface area contributed by atoms with Gasteiger partial charge in [-0.3, -0.25) is 4.98 Å². The topological polar surface area (TPSA) is 33.1 Å². The van der Waals surface area contributed by atoms with Crippen molar-refractivity contribution in [2.24, 2.45) is 0 Å². The predicted octanol–water partition coefficient (Wildman–Crippen LogP) is 2.89. The zero-order chi connectivity index (χ0) is 12.1. The second-order valence-corrected chi connectivity index (χ2v) is 3.97. The Morgan fingerprint density at radius 3 is 2.59 bits per heavy atom. The minimum absolute atomic E-state index is 0.235. The van der Waals surface area contributed by atoms with Crippen molar-refractivity contribution in [2.75, 3.05) is 0 Å². The van der Waals surface area contributed by atoms with E-state index in [1.807, 2.05) is 6.07 Å². The monoisotopic (exact) mass is 231 g/mol. The summed E-state index contributed by atoms with van der Waals surface area (Å²) in [5.41, 5.74) is 1.84. The van der Waals surface area contributed by atoms with Gasteiger partial charge in [0, 0.05) is 12.4 Å². The number of hydrogen-bond acceptors (Lipinski definition) is 2. The van der Waals surface area contributed by atoms with Gasteiger partial charge in [-0.05, 0) is 42.2 Å². The number of pyridine rings is 1. The smallest absolute Gasteiger partial charge is 0.123 e. The van der Waals surface area contributed by atoms with E-state index in [4.69, 9.17) is 0 Å². The lowest BCUT2D eigenvalue weighted by Gasteiger charge is -2.10. The number of halogens is 1. The van der Waals surface area contributed by atoms with Crippen LogP contribution >= 0.6 is 0 Å². The van der Waals surface area contributed by atoms with Crippen LogP contribution in [0.3, 0.4) is 0 Å². The maximum atomic E-state index is 12.7. The van der Waals surface area contributed by atoms with Crippen molar-refractivity contribution >= 4 is 0 Å². The molecule has 1 heterocycles. The lowest BCUT2D eigenvalue weighted by Crippen LogP contribution is -2.00. The van der Waals surface area contributed by atoms with Gasteiger partial charge in [0.2, 0.25) is 0 Å². The van der Waals surface area contributed by atoms with Crippen LogP contribution in [0.15, 0.2) is 48.8 Å². The molecule has 0 spiro atoms. The fourth-order valence-corrected chi connectivity index (χ4v) is 1.69. The second-order valence-electron chi connectivity index (χ2n) is 3.97. The minimum atomic E-state index is -0.520. The highest BCUT2D eigenvalue weighted by Gasteiger charge is 2.07. The summed E-state index contributed by atoms with van der Waals surface area (Å²) in [6.45, 7) is 0. The van der Waals surface area contributed by atoms with E-state index in [1.54, 1.807) is 30.6 Å². The van der Waals surface area contributed by atoms with Crippen molar-refractivity contribution in [1.29, 1.82) is 0 Å². The van der Waals surface area contributed by atoms with E-state index in [-0.39, 0.29) is 5.82 Å². The molecule has 0 aliphatic rings. The Morgan fingerprint density at radius 2 is 1.94 bits per heavy atom. The van der Waals surface area contributed by atoms with E-state index in [0.717, 1.165) is 17.5 Å². The zero-order valence-corrected chi connectivity index (χ0v) is 9.38. The quantitative estimate of drug-likeness (QED) is 0.877. The van der Waals surface area contributed by atoms with Crippen LogP contribution < -0.4 is 0 Å². The molecule has 1 unspecified atom stereocenters. The molecule has 2 aromatic rings. The first-order chi connectivity index (χ1) is 8.25. The van der Waals surface area contributed by atoms with E-state index >= 15 is 0 Å². The van der Waals surface area contributed by atoms with Crippen LogP contribution in [0.4, 0.5) is 4.39 Å². The van der Waals surface area contributed by atoms with E-state index in [1.165, 1.54) is 12.1 Å². The maximum absolute atomic E-state index is 12.7. The molecule has 1 N–H and O–H groups in total. The highest BCUT2D eigenvalue weighted by molar-refractivity contribution is 5.17. The van der Waals surface area contributed by atoms with Crippen LogP contribution in [0.2, 0.25) is 0 Å². The average Bonchev–Trinajstić information content (AvgIpc) is 2.39. The molecule has 1 atom stereocenters. The predicted molar refractivity (Wildman–Crippen MR) is 63.9 cm³/mol. The lowest BCUT2D eigenvalue weighted by molar-refractivity contribution is 0.167. The number of aryl methyl sites for hydroxylation is 1. The van der Waals surface area contributed by atoms with Gasteiger partial charge < -0.3 is 5.11 Å². The fourth-order valence-electron chi connectivity index (χ4n) is 1.69. The summed E-state index contributed by atoms with van der Waals surface area (Å²) < 4.78 is 12.7. The Balaban J connectivity index is 1.92. The van der Waals surface area contributed by atoms with Gasteiger partial charge in [-0.2, -0.15) is 0 Å². The van der Waals surface area contributed by atoms with Gasteiger partial charge >= 0.3 is 0 Å². The largest absolute Gasteiger partial charge is 0.388 e. The third kappa shape index (κ3) is 3.36. The van der Waals surface area contributed by atoms with Crippen LogP contribution in [0.5, 0.6) is 0 Å². The number of aromatic nitrogens is 1. The molecule has 0 fully saturated rings. The van der Waals surface area contributed by atoms with Gasteiger partial charge in [0.1, 0.15) is 5.82 Å². The lowest BCUT2D eigenvalue weighted by atomic mass is 10.0. The van der Waals surface area contributed by atoms with Crippen molar-refractivity contribution in [1.82, 2.24) is 4.98 Å². The highest BCUT2D eigenvalue weighted by Crippen LogP contribution is 2.18. The van der Waals surface area contributed by atoms with E-state index in [0.29, 0.717) is 6.42 Å². The molecule has 1 aromatic carbocycles. The first-order valence-corrected chi connectivity index (χ1v) is 5.58. The molecule has 88 valence electrons. The van der Waals surface area contributed by atoms with E-state index in [2.05, 4.69) is 4.98 Å². The van der Waals surface area contributed by atoms with Crippen molar-refractivity contribution in [3.63, 3.8) is 0 Å². The molecule has 3 heteroatoms. The Bertz CT molecular complexity index is 455. The number of aliphatic hydroxyl groups excluding tert-OH is 1. The van der Waals surface area contributed by atoms with Crippen molar-refractivity contribution in [2.45, 2.75) is 18.9 Å². The van der Waals surface area contributed by atoms with Gasteiger partial charge in [0.25, 0.3) is 0 Å². The van der Waals surface area contributed by atoms with Gasteiger partial charge in [0.15, 0.2) is 0 Å². The molecule has 0 aliphatic heterocycles. The van der Waals surface area contributed by atoms with Crippen LogP contribution in [0.1, 0.15) is 23.7 Å². The molecule has 2 nitrogen and oxygen atoms in total. The third-order valence-electron chi connectivity index (χ3n) is 2.69. The Morgan fingerprint density at radius 1 is 1.18 bits per heavy atom. The Kier molecular flexibility index (Phi) is 3.83.